The molecule has 5 heteroatoms. The minimum Gasteiger partial charge on any atom is -0.493 e. The molecule has 1 aromatic heterocycles. The van der Waals surface area contributed by atoms with Crippen LogP contribution in [0, 0.1) is 6.92 Å². The highest BCUT2D eigenvalue weighted by Crippen LogP contribution is 2.32. The zero-order chi connectivity index (χ0) is 14.8. The summed E-state index contributed by atoms with van der Waals surface area (Å²) in [6, 6.07) is 8.61. The fraction of sp³-hybridized carbons (Fsp3) is 0.438. The zero-order valence-electron chi connectivity index (χ0n) is 12.4. The van der Waals surface area contributed by atoms with Gasteiger partial charge in [0.1, 0.15) is 5.75 Å². The van der Waals surface area contributed by atoms with Crippen LogP contribution in [0.2, 0.25) is 0 Å². The van der Waals surface area contributed by atoms with E-state index in [-0.39, 0.29) is 0 Å². The lowest BCUT2D eigenvalue weighted by atomic mass is 10.0. The van der Waals surface area contributed by atoms with Gasteiger partial charge in [-0.05, 0) is 35.8 Å². The first-order chi connectivity index (χ1) is 10.2. The second-order valence-corrected chi connectivity index (χ2v) is 6.06. The van der Waals surface area contributed by atoms with Crippen molar-refractivity contribution in [3.8, 4) is 5.75 Å². The van der Waals surface area contributed by atoms with E-state index in [1.807, 2.05) is 19.1 Å². The van der Waals surface area contributed by atoms with E-state index in [0.29, 0.717) is 6.04 Å². The minimum atomic E-state index is 0.336. The summed E-state index contributed by atoms with van der Waals surface area (Å²) >= 11 is 3.65. The molecule has 0 fully saturated rings. The molecular formula is C16H20BrN3O. The van der Waals surface area contributed by atoms with Crippen LogP contribution in [0.4, 0.5) is 0 Å². The fourth-order valence-corrected chi connectivity index (χ4v) is 3.24. The van der Waals surface area contributed by atoms with E-state index >= 15 is 0 Å². The summed E-state index contributed by atoms with van der Waals surface area (Å²) in [6.45, 7) is 6.60. The smallest absolute Gasteiger partial charge is 0.124 e. The molecule has 112 valence electrons. The summed E-state index contributed by atoms with van der Waals surface area (Å²) < 4.78 is 8.87. The second-order valence-electron chi connectivity index (χ2n) is 5.27. The molecule has 0 radical (unpaired) electrons. The van der Waals surface area contributed by atoms with Crippen molar-refractivity contribution in [2.75, 3.05) is 6.61 Å². The van der Waals surface area contributed by atoms with Gasteiger partial charge >= 0.3 is 0 Å². The lowest BCUT2D eigenvalue weighted by Crippen LogP contribution is -2.27. The summed E-state index contributed by atoms with van der Waals surface area (Å²) in [5.41, 5.74) is 3.50. The Morgan fingerprint density at radius 3 is 3.05 bits per heavy atom. The number of benzene rings is 1. The van der Waals surface area contributed by atoms with E-state index in [0.717, 1.165) is 42.0 Å². The number of aromatic nitrogens is 2. The van der Waals surface area contributed by atoms with Crippen molar-refractivity contribution in [3.63, 3.8) is 0 Å². The van der Waals surface area contributed by atoms with Crippen LogP contribution in [0.25, 0.3) is 0 Å². The van der Waals surface area contributed by atoms with E-state index in [9.17, 15) is 0 Å². The molecule has 0 spiro atoms. The molecule has 2 heterocycles. The average molecular weight is 350 g/mol. The largest absolute Gasteiger partial charge is 0.493 e. The maximum Gasteiger partial charge on any atom is 0.124 e. The highest BCUT2D eigenvalue weighted by molar-refractivity contribution is 9.10. The van der Waals surface area contributed by atoms with Crippen molar-refractivity contribution >= 4 is 15.9 Å². The predicted molar refractivity (Wildman–Crippen MR) is 86.5 cm³/mol. The third-order valence-corrected chi connectivity index (χ3v) is 4.96. The Bertz CT molecular complexity index is 638. The monoisotopic (exact) mass is 349 g/mol. The minimum absolute atomic E-state index is 0.336. The van der Waals surface area contributed by atoms with E-state index in [2.05, 4.69) is 50.1 Å². The SMILES string of the molecule is CCn1nc(C)c(Br)c1CNC1CCOc2ccccc21. The van der Waals surface area contributed by atoms with Gasteiger partial charge < -0.3 is 10.1 Å². The Hall–Kier alpha value is -1.33. The van der Waals surface area contributed by atoms with Gasteiger partial charge in [-0.3, -0.25) is 4.68 Å². The van der Waals surface area contributed by atoms with Crippen LogP contribution in [-0.4, -0.2) is 16.4 Å². The third kappa shape index (κ3) is 2.85. The molecule has 4 nitrogen and oxygen atoms in total. The lowest BCUT2D eigenvalue weighted by Gasteiger charge is -2.26. The quantitative estimate of drug-likeness (QED) is 0.916. The van der Waals surface area contributed by atoms with Gasteiger partial charge in [-0.25, -0.2) is 0 Å². The molecule has 1 atom stereocenters. The Labute approximate surface area is 133 Å². The van der Waals surface area contributed by atoms with Gasteiger partial charge in [-0.15, -0.1) is 0 Å². The number of nitrogens with one attached hydrogen (secondary N) is 1. The third-order valence-electron chi connectivity index (χ3n) is 3.93. The number of nitrogens with zero attached hydrogens (tertiary/aromatic N) is 2. The maximum absolute atomic E-state index is 5.71. The van der Waals surface area contributed by atoms with Crippen LogP contribution in [-0.2, 0) is 13.1 Å². The van der Waals surface area contributed by atoms with Gasteiger partial charge in [0.2, 0.25) is 0 Å². The Morgan fingerprint density at radius 2 is 2.24 bits per heavy atom. The van der Waals surface area contributed by atoms with Crippen LogP contribution in [0.5, 0.6) is 5.75 Å². The Morgan fingerprint density at radius 1 is 1.43 bits per heavy atom. The number of hydrogen-bond acceptors (Lipinski definition) is 3. The van der Waals surface area contributed by atoms with Crippen LogP contribution in [0.3, 0.4) is 0 Å². The highest BCUT2D eigenvalue weighted by atomic mass is 79.9. The summed E-state index contributed by atoms with van der Waals surface area (Å²) in [6.07, 6.45) is 0.994. The average Bonchev–Trinajstić information content (AvgIpc) is 2.80. The first-order valence-corrected chi connectivity index (χ1v) is 8.17. The van der Waals surface area contributed by atoms with E-state index in [1.165, 1.54) is 11.3 Å². The van der Waals surface area contributed by atoms with Crippen molar-refractivity contribution < 1.29 is 4.74 Å². The van der Waals surface area contributed by atoms with Crippen molar-refractivity contribution in [2.45, 2.75) is 39.4 Å². The number of rotatable bonds is 4. The summed E-state index contributed by atoms with van der Waals surface area (Å²) in [5, 5.41) is 8.19. The van der Waals surface area contributed by atoms with Gasteiger partial charge in [0, 0.05) is 31.1 Å². The molecule has 2 aromatic rings. The molecule has 21 heavy (non-hydrogen) atoms. The normalized spacial score (nSPS) is 17.4. The summed E-state index contributed by atoms with van der Waals surface area (Å²) in [5.74, 6) is 1.00. The number of para-hydroxylation sites is 1. The van der Waals surface area contributed by atoms with Gasteiger partial charge in [0.25, 0.3) is 0 Å². The first-order valence-electron chi connectivity index (χ1n) is 7.37. The topological polar surface area (TPSA) is 39.1 Å². The molecule has 1 aliphatic rings. The second kappa shape index (κ2) is 6.20. The molecule has 3 rings (SSSR count). The number of hydrogen-bond donors (Lipinski definition) is 1. The van der Waals surface area contributed by atoms with Crippen LogP contribution < -0.4 is 10.1 Å². The molecule has 1 aliphatic heterocycles. The van der Waals surface area contributed by atoms with Crippen molar-refractivity contribution in [2.24, 2.45) is 0 Å². The standard InChI is InChI=1S/C16H20BrN3O/c1-3-20-14(16(17)11(2)19-20)10-18-13-8-9-21-15-7-5-4-6-12(13)15/h4-7,13,18H,3,8-10H2,1-2H3. The molecule has 0 saturated carbocycles. The van der Waals surface area contributed by atoms with Gasteiger partial charge in [0.05, 0.1) is 22.5 Å². The van der Waals surface area contributed by atoms with Gasteiger partial charge in [-0.2, -0.15) is 5.10 Å². The number of halogens is 1. The zero-order valence-corrected chi connectivity index (χ0v) is 14.0. The molecule has 0 bridgehead atoms. The predicted octanol–water partition coefficient (Wildman–Crippen LogP) is 3.59. The van der Waals surface area contributed by atoms with Crippen molar-refractivity contribution in [1.29, 1.82) is 0 Å². The number of aryl methyl sites for hydroxylation is 2. The fourth-order valence-electron chi connectivity index (χ4n) is 2.81. The highest BCUT2D eigenvalue weighted by Gasteiger charge is 2.21. The first kappa shape index (κ1) is 14.6. The lowest BCUT2D eigenvalue weighted by molar-refractivity contribution is 0.251. The molecular weight excluding hydrogens is 330 g/mol. The maximum atomic E-state index is 5.71. The molecule has 1 unspecified atom stereocenters. The molecule has 1 aromatic carbocycles. The van der Waals surface area contributed by atoms with E-state index in [1.54, 1.807) is 0 Å². The van der Waals surface area contributed by atoms with Crippen molar-refractivity contribution in [1.82, 2.24) is 15.1 Å². The van der Waals surface area contributed by atoms with Crippen LogP contribution >= 0.6 is 15.9 Å². The van der Waals surface area contributed by atoms with E-state index in [4.69, 9.17) is 4.74 Å². The molecule has 0 aliphatic carbocycles. The van der Waals surface area contributed by atoms with Crippen molar-refractivity contribution in [3.05, 3.63) is 45.7 Å². The van der Waals surface area contributed by atoms with Gasteiger partial charge in [-0.1, -0.05) is 18.2 Å². The van der Waals surface area contributed by atoms with Crippen LogP contribution in [0.1, 0.15) is 36.3 Å². The Kier molecular flexibility index (Phi) is 4.31. The van der Waals surface area contributed by atoms with Crippen LogP contribution in [0.15, 0.2) is 28.7 Å². The summed E-state index contributed by atoms with van der Waals surface area (Å²) in [4.78, 5) is 0. The summed E-state index contributed by atoms with van der Waals surface area (Å²) in [7, 11) is 0. The van der Waals surface area contributed by atoms with E-state index < -0.39 is 0 Å². The number of fused-ring (bicyclic) bond motifs is 1. The Balaban J connectivity index is 1.77. The molecule has 0 amide bonds. The van der Waals surface area contributed by atoms with Gasteiger partial charge in [0.15, 0.2) is 0 Å². The molecule has 1 N–H and O–H groups in total. The molecule has 0 saturated heterocycles. The number of ether oxygens (including phenoxy) is 1.